The van der Waals surface area contributed by atoms with E-state index in [2.05, 4.69) is 25.8 Å². The molecule has 15 heavy (non-hydrogen) atoms. The Hall–Kier alpha value is -0.910. The van der Waals surface area contributed by atoms with E-state index in [4.69, 9.17) is 4.84 Å². The van der Waals surface area contributed by atoms with Gasteiger partial charge in [0.2, 0.25) is 11.5 Å². The SMILES string of the molecule is CCOC(=O)C(=NOC1CC1)C(=O)CBr. The highest BCUT2D eigenvalue weighted by Crippen LogP contribution is 2.23. The van der Waals surface area contributed by atoms with Crippen molar-refractivity contribution in [2.45, 2.75) is 25.9 Å². The van der Waals surface area contributed by atoms with Crippen molar-refractivity contribution < 1.29 is 19.2 Å². The molecule has 1 rings (SSSR count). The summed E-state index contributed by atoms with van der Waals surface area (Å²) >= 11 is 2.96. The van der Waals surface area contributed by atoms with Crippen LogP contribution in [0, 0.1) is 0 Å². The average Bonchev–Trinajstić information content (AvgIpc) is 3.02. The molecule has 0 aliphatic heterocycles. The molecule has 1 saturated carbocycles. The van der Waals surface area contributed by atoms with E-state index in [0.29, 0.717) is 0 Å². The smallest absolute Gasteiger partial charge is 0.364 e. The minimum Gasteiger partial charge on any atom is -0.461 e. The molecular formula is C9H12BrNO4. The van der Waals surface area contributed by atoms with Crippen molar-refractivity contribution in [2.24, 2.45) is 5.16 Å². The zero-order chi connectivity index (χ0) is 11.3. The van der Waals surface area contributed by atoms with Gasteiger partial charge in [-0.05, 0) is 19.8 Å². The van der Waals surface area contributed by atoms with Crippen LogP contribution in [0.4, 0.5) is 0 Å². The van der Waals surface area contributed by atoms with Gasteiger partial charge in [-0.1, -0.05) is 21.1 Å². The van der Waals surface area contributed by atoms with Crippen LogP contribution in [-0.2, 0) is 19.2 Å². The number of alkyl halides is 1. The van der Waals surface area contributed by atoms with Crippen LogP contribution >= 0.6 is 15.9 Å². The Kier molecular flexibility index (Phi) is 4.74. The van der Waals surface area contributed by atoms with Crippen molar-refractivity contribution in [3.05, 3.63) is 0 Å². The summed E-state index contributed by atoms with van der Waals surface area (Å²) in [6, 6.07) is 0. The Morgan fingerprint density at radius 2 is 2.13 bits per heavy atom. The number of esters is 1. The molecule has 0 N–H and O–H groups in total. The van der Waals surface area contributed by atoms with Gasteiger partial charge in [-0.15, -0.1) is 0 Å². The maximum absolute atomic E-state index is 11.3. The summed E-state index contributed by atoms with van der Waals surface area (Å²) < 4.78 is 4.69. The van der Waals surface area contributed by atoms with Crippen molar-refractivity contribution in [3.63, 3.8) is 0 Å². The molecule has 1 aliphatic carbocycles. The van der Waals surface area contributed by atoms with Gasteiger partial charge in [-0.2, -0.15) is 0 Å². The first-order valence-electron chi connectivity index (χ1n) is 4.69. The normalized spacial score (nSPS) is 16.0. The number of nitrogens with zero attached hydrogens (tertiary/aromatic N) is 1. The van der Waals surface area contributed by atoms with E-state index in [1.807, 2.05) is 0 Å². The minimum absolute atomic E-state index is 0.0265. The van der Waals surface area contributed by atoms with Crippen LogP contribution in [0.15, 0.2) is 5.16 Å². The highest BCUT2D eigenvalue weighted by Gasteiger charge is 2.27. The first-order chi connectivity index (χ1) is 7.19. The summed E-state index contributed by atoms with van der Waals surface area (Å²) in [4.78, 5) is 27.6. The van der Waals surface area contributed by atoms with E-state index in [1.165, 1.54) is 0 Å². The largest absolute Gasteiger partial charge is 0.461 e. The maximum atomic E-state index is 11.3. The Labute approximate surface area is 95.9 Å². The van der Waals surface area contributed by atoms with E-state index >= 15 is 0 Å². The van der Waals surface area contributed by atoms with Crippen molar-refractivity contribution in [1.29, 1.82) is 0 Å². The molecule has 0 heterocycles. The Balaban J connectivity index is 2.61. The van der Waals surface area contributed by atoms with Gasteiger partial charge >= 0.3 is 5.97 Å². The number of hydrogen-bond acceptors (Lipinski definition) is 5. The van der Waals surface area contributed by atoms with Gasteiger partial charge in [0, 0.05) is 0 Å². The van der Waals surface area contributed by atoms with Crippen molar-refractivity contribution in [1.82, 2.24) is 0 Å². The topological polar surface area (TPSA) is 65.0 Å². The Morgan fingerprint density at radius 1 is 1.47 bits per heavy atom. The predicted octanol–water partition coefficient (Wildman–Crippen LogP) is 1.05. The highest BCUT2D eigenvalue weighted by atomic mass is 79.9. The number of carbonyl (C=O) groups excluding carboxylic acids is 2. The molecule has 0 amide bonds. The van der Waals surface area contributed by atoms with E-state index in [1.54, 1.807) is 6.92 Å². The van der Waals surface area contributed by atoms with E-state index in [0.717, 1.165) is 12.8 Å². The summed E-state index contributed by atoms with van der Waals surface area (Å²) in [6.45, 7) is 1.87. The molecule has 0 atom stereocenters. The van der Waals surface area contributed by atoms with E-state index in [9.17, 15) is 9.59 Å². The molecular weight excluding hydrogens is 266 g/mol. The van der Waals surface area contributed by atoms with Crippen LogP contribution in [0.2, 0.25) is 0 Å². The number of ketones is 1. The molecule has 0 aromatic carbocycles. The number of hydrogen-bond donors (Lipinski definition) is 0. The molecule has 0 aromatic heterocycles. The summed E-state index contributed by atoms with van der Waals surface area (Å²) in [7, 11) is 0. The first-order valence-corrected chi connectivity index (χ1v) is 5.81. The molecule has 0 radical (unpaired) electrons. The molecule has 84 valence electrons. The molecule has 0 bridgehead atoms. The second kappa shape index (κ2) is 5.85. The van der Waals surface area contributed by atoms with Crippen LogP contribution in [0.5, 0.6) is 0 Å². The van der Waals surface area contributed by atoms with Crippen LogP contribution in [0.1, 0.15) is 19.8 Å². The maximum Gasteiger partial charge on any atom is 0.364 e. The average molecular weight is 278 g/mol. The fraction of sp³-hybridized carbons (Fsp3) is 0.667. The zero-order valence-electron chi connectivity index (χ0n) is 8.36. The lowest BCUT2D eigenvalue weighted by Crippen LogP contribution is -2.27. The Morgan fingerprint density at radius 3 is 2.60 bits per heavy atom. The minimum atomic E-state index is -0.734. The van der Waals surface area contributed by atoms with E-state index in [-0.39, 0.29) is 23.8 Å². The van der Waals surface area contributed by atoms with Crippen molar-refractivity contribution >= 4 is 33.4 Å². The van der Waals surface area contributed by atoms with Gasteiger partial charge < -0.3 is 9.57 Å². The highest BCUT2D eigenvalue weighted by molar-refractivity contribution is 9.09. The molecule has 5 nitrogen and oxygen atoms in total. The number of ether oxygens (including phenoxy) is 1. The van der Waals surface area contributed by atoms with Gasteiger partial charge in [-0.3, -0.25) is 4.79 Å². The van der Waals surface area contributed by atoms with E-state index < -0.39 is 11.8 Å². The van der Waals surface area contributed by atoms with Gasteiger partial charge in [0.05, 0.1) is 11.9 Å². The Bertz CT molecular complexity index is 286. The summed E-state index contributed by atoms with van der Waals surface area (Å²) in [5.74, 6) is -1.17. The van der Waals surface area contributed by atoms with Crippen molar-refractivity contribution in [2.75, 3.05) is 11.9 Å². The van der Waals surface area contributed by atoms with Crippen LogP contribution in [-0.4, -0.2) is 35.5 Å². The lowest BCUT2D eigenvalue weighted by molar-refractivity contribution is -0.135. The quantitative estimate of drug-likeness (QED) is 0.239. The number of Topliss-reactive ketones (excluding diaryl/α,β-unsaturated/α-hetero) is 1. The monoisotopic (exact) mass is 277 g/mol. The van der Waals surface area contributed by atoms with Crippen molar-refractivity contribution in [3.8, 4) is 0 Å². The second-order valence-corrected chi connectivity index (χ2v) is 3.58. The summed E-state index contributed by atoms with van der Waals surface area (Å²) in [5.41, 5.74) is -0.277. The molecule has 0 spiro atoms. The molecule has 1 aliphatic rings. The zero-order valence-corrected chi connectivity index (χ0v) is 9.95. The van der Waals surface area contributed by atoms with Gasteiger partial charge in [0.25, 0.3) is 0 Å². The van der Waals surface area contributed by atoms with Crippen LogP contribution < -0.4 is 0 Å². The molecule has 0 saturated heterocycles. The van der Waals surface area contributed by atoms with Gasteiger partial charge in [0.15, 0.2) is 0 Å². The molecule has 1 fully saturated rings. The van der Waals surface area contributed by atoms with Gasteiger partial charge in [-0.25, -0.2) is 4.79 Å². The molecule has 0 unspecified atom stereocenters. The lowest BCUT2D eigenvalue weighted by Gasteiger charge is -2.03. The second-order valence-electron chi connectivity index (χ2n) is 3.02. The number of halogens is 1. The fourth-order valence-electron chi connectivity index (χ4n) is 0.765. The number of rotatable bonds is 6. The predicted molar refractivity (Wildman–Crippen MR) is 57.0 cm³/mol. The van der Waals surface area contributed by atoms with Crippen LogP contribution in [0.25, 0.3) is 0 Å². The lowest BCUT2D eigenvalue weighted by atomic mass is 10.3. The number of carbonyl (C=O) groups is 2. The first kappa shape index (κ1) is 12.2. The summed E-state index contributed by atoms with van der Waals surface area (Å²) in [5, 5.41) is 3.56. The third kappa shape index (κ3) is 3.99. The third-order valence-electron chi connectivity index (χ3n) is 1.67. The fourth-order valence-corrected chi connectivity index (χ4v) is 1.03. The molecule has 6 heteroatoms. The summed E-state index contributed by atoms with van der Waals surface area (Å²) in [6.07, 6.45) is 1.89. The third-order valence-corrected chi connectivity index (χ3v) is 2.18. The molecule has 0 aromatic rings. The standard InChI is InChI=1S/C9H12BrNO4/c1-2-14-9(13)8(7(12)5-10)11-15-6-3-4-6/h6H,2-5H2,1H3. The van der Waals surface area contributed by atoms with Crippen LogP contribution in [0.3, 0.4) is 0 Å². The van der Waals surface area contributed by atoms with Gasteiger partial charge in [0.1, 0.15) is 6.10 Å². The number of oxime groups is 1.